The van der Waals surface area contributed by atoms with Crippen LogP contribution in [-0.4, -0.2) is 23.8 Å². The van der Waals surface area contributed by atoms with E-state index in [4.69, 9.17) is 9.84 Å². The molecule has 1 aliphatic rings. The first-order valence-corrected chi connectivity index (χ1v) is 3.57. The number of epoxide rings is 1. The van der Waals surface area contributed by atoms with Crippen LogP contribution in [0.15, 0.2) is 0 Å². The van der Waals surface area contributed by atoms with Crippen LogP contribution in [0.4, 0.5) is 0 Å². The van der Waals surface area contributed by atoms with Crippen molar-refractivity contribution in [3.8, 4) is 0 Å². The molecular weight excluding hydrogens is 132 g/mol. The Morgan fingerprint density at radius 1 is 1.90 bits per heavy atom. The Hall–Kier alpha value is -0.570. The third-order valence-electron chi connectivity index (χ3n) is 1.85. The molecule has 1 heterocycles. The first kappa shape index (κ1) is 7.54. The normalized spacial score (nSPS) is 25.9. The molecule has 3 nitrogen and oxygen atoms in total. The Kier molecular flexibility index (Phi) is 2.27. The smallest absolute Gasteiger partial charge is 0.303 e. The molecule has 0 saturated carbocycles. The molecule has 3 heteroatoms. The van der Waals surface area contributed by atoms with Crippen LogP contribution in [0.2, 0.25) is 0 Å². The van der Waals surface area contributed by atoms with Gasteiger partial charge in [-0.2, -0.15) is 0 Å². The number of rotatable bonds is 4. The molecule has 0 radical (unpaired) electrons. The lowest BCUT2D eigenvalue weighted by molar-refractivity contribution is -0.138. The third-order valence-corrected chi connectivity index (χ3v) is 1.85. The summed E-state index contributed by atoms with van der Waals surface area (Å²) in [6.45, 7) is 2.75. The van der Waals surface area contributed by atoms with Crippen molar-refractivity contribution < 1.29 is 14.6 Å². The number of carboxylic acid groups (broad SMARTS) is 1. The van der Waals surface area contributed by atoms with Crippen molar-refractivity contribution in [2.75, 3.05) is 6.61 Å². The van der Waals surface area contributed by atoms with Crippen LogP contribution in [-0.2, 0) is 9.53 Å². The highest BCUT2D eigenvalue weighted by molar-refractivity contribution is 5.67. The van der Waals surface area contributed by atoms with Crippen molar-refractivity contribution in [3.05, 3.63) is 0 Å². The molecule has 0 aromatic heterocycles. The van der Waals surface area contributed by atoms with Crippen LogP contribution < -0.4 is 0 Å². The van der Waals surface area contributed by atoms with Crippen molar-refractivity contribution in [1.82, 2.24) is 0 Å². The summed E-state index contributed by atoms with van der Waals surface area (Å²) in [7, 11) is 0. The number of carboxylic acids is 1. The molecule has 1 N–H and O–H groups in total. The lowest BCUT2D eigenvalue weighted by Gasteiger charge is -2.06. The van der Waals surface area contributed by atoms with Crippen LogP contribution in [0.25, 0.3) is 0 Å². The Labute approximate surface area is 60.0 Å². The quantitative estimate of drug-likeness (QED) is 0.596. The summed E-state index contributed by atoms with van der Waals surface area (Å²) < 4.78 is 5.00. The van der Waals surface area contributed by atoms with Gasteiger partial charge in [0, 0.05) is 0 Å². The zero-order chi connectivity index (χ0) is 7.56. The highest BCUT2D eigenvalue weighted by Gasteiger charge is 2.32. The van der Waals surface area contributed by atoms with Gasteiger partial charge in [-0.25, -0.2) is 0 Å². The topological polar surface area (TPSA) is 49.8 Å². The first-order valence-electron chi connectivity index (χ1n) is 3.57. The molecule has 0 aliphatic carbocycles. The molecule has 58 valence electrons. The average molecular weight is 144 g/mol. The first-order chi connectivity index (χ1) is 4.74. The van der Waals surface area contributed by atoms with Crippen LogP contribution in [0, 0.1) is 5.92 Å². The van der Waals surface area contributed by atoms with E-state index in [0.29, 0.717) is 0 Å². The predicted molar refractivity (Wildman–Crippen MR) is 35.8 cm³/mol. The van der Waals surface area contributed by atoms with Gasteiger partial charge in [0.25, 0.3) is 0 Å². The predicted octanol–water partition coefficient (Wildman–Crippen LogP) is 0.886. The Morgan fingerprint density at radius 2 is 2.50 bits per heavy atom. The summed E-state index contributed by atoms with van der Waals surface area (Å²) in [5, 5.41) is 8.44. The van der Waals surface area contributed by atoms with Gasteiger partial charge in [0.05, 0.1) is 19.1 Å². The van der Waals surface area contributed by atoms with Gasteiger partial charge in [-0.15, -0.1) is 0 Å². The molecule has 1 saturated heterocycles. The van der Waals surface area contributed by atoms with E-state index in [-0.39, 0.29) is 18.4 Å². The minimum absolute atomic E-state index is 0.234. The zero-order valence-corrected chi connectivity index (χ0v) is 6.04. The number of carbonyl (C=O) groups is 1. The second kappa shape index (κ2) is 3.01. The van der Waals surface area contributed by atoms with E-state index < -0.39 is 5.97 Å². The standard InChI is InChI=1S/C7H12O3/c1-2-5(3-7(8)9)6-4-10-6/h5-6H,2-4H2,1H3,(H,8,9)/t5-,6?/m0/s1. The van der Waals surface area contributed by atoms with Crippen molar-refractivity contribution in [2.24, 2.45) is 5.92 Å². The number of hydrogen-bond acceptors (Lipinski definition) is 2. The molecular formula is C7H12O3. The lowest BCUT2D eigenvalue weighted by Crippen LogP contribution is -2.12. The van der Waals surface area contributed by atoms with E-state index in [1.54, 1.807) is 0 Å². The summed E-state index contributed by atoms with van der Waals surface area (Å²) in [6, 6.07) is 0. The van der Waals surface area contributed by atoms with E-state index in [2.05, 4.69) is 0 Å². The summed E-state index contributed by atoms with van der Waals surface area (Å²) in [4.78, 5) is 10.2. The highest BCUT2D eigenvalue weighted by atomic mass is 16.6. The molecule has 1 fully saturated rings. The maximum atomic E-state index is 10.2. The SMILES string of the molecule is CC[C@@H](CC(=O)O)C1CO1. The molecule has 0 aromatic carbocycles. The van der Waals surface area contributed by atoms with Gasteiger partial charge < -0.3 is 9.84 Å². The Morgan fingerprint density at radius 3 is 2.80 bits per heavy atom. The highest BCUT2D eigenvalue weighted by Crippen LogP contribution is 2.25. The fourth-order valence-electron chi connectivity index (χ4n) is 1.09. The molecule has 1 unspecified atom stereocenters. The molecule has 0 aromatic rings. The lowest BCUT2D eigenvalue weighted by atomic mass is 9.99. The fourth-order valence-corrected chi connectivity index (χ4v) is 1.09. The molecule has 1 rings (SSSR count). The van der Waals surface area contributed by atoms with E-state index >= 15 is 0 Å². The zero-order valence-electron chi connectivity index (χ0n) is 6.04. The van der Waals surface area contributed by atoms with Crippen molar-refractivity contribution in [1.29, 1.82) is 0 Å². The van der Waals surface area contributed by atoms with Crippen molar-refractivity contribution >= 4 is 5.97 Å². The minimum Gasteiger partial charge on any atom is -0.481 e. The monoisotopic (exact) mass is 144 g/mol. The van der Waals surface area contributed by atoms with Crippen LogP contribution in [0.3, 0.4) is 0 Å². The van der Waals surface area contributed by atoms with Gasteiger partial charge in [0.2, 0.25) is 0 Å². The van der Waals surface area contributed by atoms with E-state index in [0.717, 1.165) is 13.0 Å². The van der Waals surface area contributed by atoms with Gasteiger partial charge in [0.1, 0.15) is 0 Å². The van der Waals surface area contributed by atoms with E-state index in [1.807, 2.05) is 6.92 Å². The summed E-state index contributed by atoms with van der Waals surface area (Å²) >= 11 is 0. The number of hydrogen-bond donors (Lipinski definition) is 1. The Balaban J connectivity index is 2.25. The number of aliphatic carboxylic acids is 1. The minimum atomic E-state index is -0.720. The van der Waals surface area contributed by atoms with Gasteiger partial charge in [-0.05, 0) is 5.92 Å². The largest absolute Gasteiger partial charge is 0.481 e. The van der Waals surface area contributed by atoms with Crippen LogP contribution >= 0.6 is 0 Å². The van der Waals surface area contributed by atoms with Gasteiger partial charge in [-0.3, -0.25) is 4.79 Å². The Bertz CT molecular complexity index is 129. The molecule has 0 spiro atoms. The van der Waals surface area contributed by atoms with Crippen molar-refractivity contribution in [3.63, 3.8) is 0 Å². The molecule has 0 bridgehead atoms. The summed E-state index contributed by atoms with van der Waals surface area (Å²) in [5.74, 6) is -0.486. The molecule has 1 aliphatic heterocycles. The van der Waals surface area contributed by atoms with Crippen LogP contribution in [0.5, 0.6) is 0 Å². The summed E-state index contributed by atoms with van der Waals surface area (Å²) in [5.41, 5.74) is 0. The second-order valence-corrected chi connectivity index (χ2v) is 2.64. The molecule has 0 amide bonds. The van der Waals surface area contributed by atoms with Crippen molar-refractivity contribution in [2.45, 2.75) is 25.9 Å². The summed E-state index contributed by atoms with van der Waals surface area (Å²) in [6.07, 6.45) is 1.39. The molecule has 10 heavy (non-hydrogen) atoms. The number of ether oxygens (including phenoxy) is 1. The second-order valence-electron chi connectivity index (χ2n) is 2.64. The molecule has 2 atom stereocenters. The third kappa shape index (κ3) is 1.99. The maximum absolute atomic E-state index is 10.2. The fraction of sp³-hybridized carbons (Fsp3) is 0.857. The van der Waals surface area contributed by atoms with Crippen LogP contribution in [0.1, 0.15) is 19.8 Å². The van der Waals surface area contributed by atoms with Gasteiger partial charge >= 0.3 is 5.97 Å². The van der Waals surface area contributed by atoms with E-state index in [9.17, 15) is 4.79 Å². The van der Waals surface area contributed by atoms with Gasteiger partial charge in [-0.1, -0.05) is 13.3 Å². The van der Waals surface area contributed by atoms with Gasteiger partial charge in [0.15, 0.2) is 0 Å². The maximum Gasteiger partial charge on any atom is 0.303 e. The van der Waals surface area contributed by atoms with E-state index in [1.165, 1.54) is 0 Å². The average Bonchev–Trinajstić information content (AvgIpc) is 2.63.